The second kappa shape index (κ2) is 32.4. The number of anilines is 6. The lowest BCUT2D eigenvalue weighted by atomic mass is 10.2. The summed E-state index contributed by atoms with van der Waals surface area (Å²) in [7, 11) is -11.7. The summed E-state index contributed by atoms with van der Waals surface area (Å²) in [6, 6.07) is 51.3. The van der Waals surface area contributed by atoms with Gasteiger partial charge in [-0.05, 0) is 142 Å². The lowest BCUT2D eigenvalue weighted by molar-refractivity contribution is -0.116. The van der Waals surface area contributed by atoms with Gasteiger partial charge in [0.15, 0.2) is 29.5 Å². The first-order valence-electron chi connectivity index (χ1n) is 28.9. The number of aromatic hydroxyl groups is 3. The topological polar surface area (TPSA) is 338 Å². The van der Waals surface area contributed by atoms with Gasteiger partial charge in [-0.1, -0.05) is 133 Å². The number of benzene rings is 9. The van der Waals surface area contributed by atoms with Crippen LogP contribution in [0.15, 0.2) is 215 Å². The molecule has 0 aliphatic carbocycles. The Morgan fingerprint density at radius 3 is 1.06 bits per heavy atom. The quantitative estimate of drug-likeness (QED) is 0.0340. The van der Waals surface area contributed by atoms with Crippen molar-refractivity contribution in [1.29, 1.82) is 0 Å². The predicted octanol–water partition coefficient (Wildman–Crippen LogP) is 13.2. The van der Waals surface area contributed by atoms with Crippen LogP contribution in [0.2, 0.25) is 15.1 Å². The monoisotopic (exact) mass is 1420 g/mol. The Balaban J connectivity index is 0.000000203. The number of nitrogens with one attached hydrogen (secondary N) is 6. The molecule has 0 aliphatic heterocycles. The molecular formula is C69H63Cl3N6O15S3. The zero-order valence-corrected chi connectivity index (χ0v) is 56.4. The van der Waals surface area contributed by atoms with Crippen LogP contribution in [0.1, 0.15) is 68.0 Å². The van der Waals surface area contributed by atoms with Crippen molar-refractivity contribution in [2.75, 3.05) is 37.7 Å². The number of phenolic OH excluding ortho intramolecular Hbond substituents is 3. The molecule has 498 valence electrons. The smallest absolute Gasteiger partial charge is 0.255 e. The summed E-state index contributed by atoms with van der Waals surface area (Å²) in [6.07, 6.45) is 0.0386. The van der Waals surface area contributed by atoms with E-state index in [1.807, 2.05) is 0 Å². The van der Waals surface area contributed by atoms with Gasteiger partial charge in [0.25, 0.3) is 17.7 Å². The van der Waals surface area contributed by atoms with Gasteiger partial charge in [0.05, 0.1) is 63.9 Å². The van der Waals surface area contributed by atoms with Crippen LogP contribution in [0.4, 0.5) is 34.1 Å². The van der Waals surface area contributed by atoms with Crippen molar-refractivity contribution in [1.82, 2.24) is 0 Å². The number of phenols is 3. The van der Waals surface area contributed by atoms with E-state index in [9.17, 15) is 69.3 Å². The Morgan fingerprint density at radius 1 is 0.385 bits per heavy atom. The number of carbonyl (C=O) groups excluding carboxylic acids is 6. The van der Waals surface area contributed by atoms with Gasteiger partial charge in [0.1, 0.15) is 33.5 Å². The Bertz CT molecular complexity index is 4760. The molecule has 9 aromatic carbocycles. The first kappa shape index (κ1) is 73.3. The number of sulfone groups is 3. The molecule has 21 nitrogen and oxygen atoms in total. The van der Waals surface area contributed by atoms with E-state index in [-0.39, 0.29) is 87.5 Å². The zero-order valence-electron chi connectivity index (χ0n) is 51.7. The Hall–Kier alpha value is -10.1. The molecule has 0 heterocycles. The molecule has 27 heteroatoms. The molecule has 6 amide bonds. The predicted molar refractivity (Wildman–Crippen MR) is 372 cm³/mol. The fourth-order valence-corrected chi connectivity index (χ4v) is 13.9. The van der Waals surface area contributed by atoms with E-state index in [1.54, 1.807) is 155 Å². The average molecular weight is 1420 g/mol. The summed E-state index contributed by atoms with van der Waals surface area (Å²) in [4.78, 5) is 74.8. The van der Waals surface area contributed by atoms with Gasteiger partial charge in [0.2, 0.25) is 17.7 Å². The minimum atomic E-state index is -3.95. The van der Waals surface area contributed by atoms with Crippen molar-refractivity contribution in [3.05, 3.63) is 249 Å². The highest BCUT2D eigenvalue weighted by Gasteiger charge is 2.34. The molecule has 96 heavy (non-hydrogen) atoms. The fourth-order valence-electron chi connectivity index (χ4n) is 8.96. The summed E-state index contributed by atoms with van der Waals surface area (Å²) in [5, 5.41) is 43.1. The van der Waals surface area contributed by atoms with Crippen LogP contribution in [0.5, 0.6) is 17.2 Å². The van der Waals surface area contributed by atoms with Gasteiger partial charge in [-0.3, -0.25) is 28.8 Å². The molecule has 0 saturated heterocycles. The summed E-state index contributed by atoms with van der Waals surface area (Å²) in [5.74, 6) is -5.57. The molecule has 2 atom stereocenters. The fraction of sp³-hybridized carbons (Fsp3) is 0.130. The third-order valence-electron chi connectivity index (χ3n) is 14.1. The largest absolute Gasteiger partial charge is 0.506 e. The van der Waals surface area contributed by atoms with Crippen LogP contribution in [-0.4, -0.2) is 92.3 Å². The molecule has 0 saturated carbocycles. The van der Waals surface area contributed by atoms with Gasteiger partial charge >= 0.3 is 0 Å². The molecular weight excluding hydrogens is 1360 g/mol. The minimum absolute atomic E-state index is 0.0122. The van der Waals surface area contributed by atoms with Gasteiger partial charge in [-0.15, -0.1) is 0 Å². The summed E-state index contributed by atoms with van der Waals surface area (Å²) < 4.78 is 76.5. The molecule has 9 N–H and O–H groups in total. The first-order chi connectivity index (χ1) is 45.4. The number of halogens is 3. The molecule has 2 unspecified atom stereocenters. The van der Waals surface area contributed by atoms with Gasteiger partial charge in [-0.25, -0.2) is 25.3 Å². The number of hydrogen-bond donors (Lipinski definition) is 9. The maximum atomic E-state index is 13.0. The van der Waals surface area contributed by atoms with E-state index in [4.69, 9.17) is 34.8 Å². The van der Waals surface area contributed by atoms with Gasteiger partial charge in [-0.2, -0.15) is 0 Å². The van der Waals surface area contributed by atoms with E-state index in [0.29, 0.717) is 16.7 Å². The van der Waals surface area contributed by atoms with Crippen LogP contribution in [0, 0.1) is 20.8 Å². The van der Waals surface area contributed by atoms with Crippen LogP contribution < -0.4 is 31.9 Å². The second-order valence-electron chi connectivity index (χ2n) is 21.4. The average Bonchev–Trinajstić information content (AvgIpc) is 0.817. The van der Waals surface area contributed by atoms with Crippen LogP contribution in [0.3, 0.4) is 0 Å². The maximum absolute atomic E-state index is 13.0. The highest BCUT2D eigenvalue weighted by molar-refractivity contribution is 7.93. The molecule has 0 bridgehead atoms. The van der Waals surface area contributed by atoms with Crippen LogP contribution in [0.25, 0.3) is 0 Å². The van der Waals surface area contributed by atoms with Crippen molar-refractivity contribution in [2.24, 2.45) is 0 Å². The number of carbonyl (C=O) groups is 6. The second-order valence-corrected chi connectivity index (χ2v) is 29.0. The third kappa shape index (κ3) is 19.3. The number of rotatable bonds is 19. The van der Waals surface area contributed by atoms with Crippen molar-refractivity contribution >= 4 is 134 Å². The Morgan fingerprint density at radius 2 is 0.708 bits per heavy atom. The molecule has 9 rings (SSSR count). The van der Waals surface area contributed by atoms with E-state index in [0.717, 1.165) is 34.9 Å². The van der Waals surface area contributed by atoms with Crippen molar-refractivity contribution in [3.8, 4) is 17.2 Å². The Kier molecular flexibility index (Phi) is 24.7. The lowest BCUT2D eigenvalue weighted by Gasteiger charge is -2.18. The van der Waals surface area contributed by atoms with Gasteiger partial charge < -0.3 is 47.2 Å². The third-order valence-corrected chi connectivity index (χ3v) is 20.9. The van der Waals surface area contributed by atoms with E-state index in [2.05, 4.69) is 31.9 Å². The Labute approximate surface area is 569 Å². The van der Waals surface area contributed by atoms with Gasteiger partial charge in [0, 0.05) is 34.9 Å². The number of amides is 6. The summed E-state index contributed by atoms with van der Waals surface area (Å²) in [5.41, 5.74) is 3.60. The van der Waals surface area contributed by atoms with Crippen molar-refractivity contribution < 1.29 is 69.3 Å². The zero-order chi connectivity index (χ0) is 70.2. The van der Waals surface area contributed by atoms with E-state index >= 15 is 0 Å². The summed E-state index contributed by atoms with van der Waals surface area (Å²) in [6.45, 7) is 8.14. The molecule has 0 aliphatic rings. The van der Waals surface area contributed by atoms with Crippen LogP contribution >= 0.6 is 34.8 Å². The van der Waals surface area contributed by atoms with Crippen molar-refractivity contribution in [3.63, 3.8) is 0 Å². The minimum Gasteiger partial charge on any atom is -0.506 e. The SMILES string of the molecule is CCC(C(=O)Nc1cc(O)c(NC(=O)c2ccccc2)cc1Cl)S(=O)(=O)c1cccc(C)c1.Cc1cccc(S(=O)(=O)C(C)C(=O)Nc2cc(O)c(NC(=O)c3ccccc3)cc2Cl)c1.Cc1cccc(S(=O)(=O)CC(=O)Nc2cc(O)c(NC(=O)c3ccccc3)cc2Cl)c1. The first-order valence-corrected chi connectivity index (χ1v) is 34.7. The normalized spacial score (nSPS) is 11.8. The standard InChI is InChI=1S/C24H23ClN2O5S.C23H21ClN2O5S.C22H19ClN2O5S/c1-3-22(33(31,32)17-11-7-8-15(2)12-17)24(30)26-19-14-21(28)20(13-18(19)25)27-23(29)16-9-5-4-6-10-16;1-14-7-6-10-17(11-14)32(30,31)15(2)22(28)25-19-13-21(27)20(12-18(19)24)26-23(29)16-8-4-3-5-9-16;1-14-6-5-9-16(10-14)31(29,30)13-21(27)24-18-12-20(26)19(11-17(18)23)25-22(28)15-7-3-2-4-8-15/h4-14,22,28H,3H2,1-2H3,(H,26,30)(H,27,29);3-13,15,27H,1-2H3,(H,25,28)(H,26,29);2-12,26H,13H2,1H3,(H,24,27)(H,25,28). The van der Waals surface area contributed by atoms with E-state index < -0.39 is 81.2 Å². The molecule has 0 spiro atoms. The van der Waals surface area contributed by atoms with Crippen LogP contribution in [-0.2, 0) is 43.9 Å². The molecule has 9 aromatic rings. The highest BCUT2D eigenvalue weighted by Crippen LogP contribution is 2.38. The number of hydrogen-bond acceptors (Lipinski definition) is 15. The molecule has 0 radical (unpaired) electrons. The number of aryl methyl sites for hydroxylation is 3. The lowest BCUT2D eigenvalue weighted by Crippen LogP contribution is -2.34. The van der Waals surface area contributed by atoms with E-state index in [1.165, 1.54) is 61.5 Å². The summed E-state index contributed by atoms with van der Waals surface area (Å²) >= 11 is 18.6. The highest BCUT2D eigenvalue weighted by atomic mass is 35.5. The molecule has 0 aromatic heterocycles. The molecule has 0 fully saturated rings. The maximum Gasteiger partial charge on any atom is 0.255 e. The van der Waals surface area contributed by atoms with Crippen molar-refractivity contribution in [2.45, 2.75) is 66.2 Å².